The number of nitrogens with one attached hydrogen (secondary N) is 4. The van der Waals surface area contributed by atoms with Crippen LogP contribution in [-0.4, -0.2) is 25.4 Å². The Morgan fingerprint density at radius 1 is 0.917 bits per heavy atom. The van der Waals surface area contributed by atoms with Gasteiger partial charge in [0, 0.05) is 37.5 Å². The lowest BCUT2D eigenvalue weighted by Gasteiger charge is -2.10. The Bertz CT molecular complexity index is 60.5. The van der Waals surface area contributed by atoms with Crippen molar-refractivity contribution in [3.8, 4) is 0 Å². The van der Waals surface area contributed by atoms with E-state index in [0.29, 0.717) is 0 Å². The van der Waals surface area contributed by atoms with E-state index in [2.05, 4.69) is 19.7 Å². The third kappa shape index (κ3) is 6.10. The molecule has 72 valence electrons. The molecule has 2 heterocycles. The lowest BCUT2D eigenvalue weighted by molar-refractivity contribution is 0.648. The van der Waals surface area contributed by atoms with Crippen molar-refractivity contribution < 1.29 is 0 Å². The van der Waals surface area contributed by atoms with E-state index in [4.69, 9.17) is 0 Å². The molecule has 0 atom stereocenters. The Balaban J connectivity index is 0.000000120. The highest BCUT2D eigenvalue weighted by atomic mass is 32.2. The minimum absolute atomic E-state index is 1.12. The Morgan fingerprint density at radius 3 is 1.92 bits per heavy atom. The molecule has 0 radical (unpaired) electrons. The highest BCUT2D eigenvalue weighted by Crippen LogP contribution is 1.96. The van der Waals surface area contributed by atoms with E-state index < -0.39 is 0 Å². The van der Waals surface area contributed by atoms with Crippen molar-refractivity contribution in [3.63, 3.8) is 0 Å². The normalized spacial score (nSPS) is 24.0. The predicted molar refractivity (Wildman–Crippen MR) is 56.4 cm³/mol. The van der Waals surface area contributed by atoms with E-state index in [1.807, 2.05) is 0 Å². The average molecular weight is 208 g/mol. The molecule has 0 aromatic carbocycles. The van der Waals surface area contributed by atoms with Gasteiger partial charge in [-0.3, -0.25) is 9.44 Å². The van der Waals surface area contributed by atoms with E-state index in [0.717, 1.165) is 19.6 Å². The molecule has 0 aliphatic carbocycles. The Morgan fingerprint density at radius 2 is 1.75 bits per heavy atom. The van der Waals surface area contributed by atoms with Gasteiger partial charge in [0.2, 0.25) is 0 Å². The quantitative estimate of drug-likeness (QED) is 0.429. The van der Waals surface area contributed by atoms with E-state index in [-0.39, 0.29) is 0 Å². The van der Waals surface area contributed by atoms with Crippen LogP contribution in [0, 0.1) is 0 Å². The van der Waals surface area contributed by atoms with E-state index in [9.17, 15) is 0 Å². The van der Waals surface area contributed by atoms with E-state index >= 15 is 0 Å². The summed E-state index contributed by atoms with van der Waals surface area (Å²) < 4.78 is 6.18. The number of hydrogen-bond acceptors (Lipinski definition) is 6. The monoisotopic (exact) mass is 208 g/mol. The van der Waals surface area contributed by atoms with Gasteiger partial charge in [0.25, 0.3) is 0 Å². The molecule has 0 saturated carbocycles. The summed E-state index contributed by atoms with van der Waals surface area (Å²) in [5.74, 6) is 1.24. The minimum Gasteiger partial charge on any atom is -0.251 e. The van der Waals surface area contributed by atoms with Crippen LogP contribution in [0.3, 0.4) is 0 Å². The van der Waals surface area contributed by atoms with Gasteiger partial charge in [-0.05, 0) is 12.8 Å². The summed E-state index contributed by atoms with van der Waals surface area (Å²) in [5.41, 5.74) is 3.00. The van der Waals surface area contributed by atoms with Gasteiger partial charge in [-0.1, -0.05) is 11.9 Å². The summed E-state index contributed by atoms with van der Waals surface area (Å²) in [7, 11) is 0. The van der Waals surface area contributed by atoms with Crippen molar-refractivity contribution in [2.75, 3.05) is 25.4 Å². The summed E-state index contributed by atoms with van der Waals surface area (Å²) in [4.78, 5) is 2.95. The SMILES string of the molecule is C1CNNSC1.C1CNSNC1. The molecule has 0 unspecified atom stereocenters. The first-order chi connectivity index (χ1) is 6.00. The van der Waals surface area contributed by atoms with Crippen LogP contribution >= 0.6 is 24.1 Å². The fourth-order valence-corrected chi connectivity index (χ4v) is 1.96. The van der Waals surface area contributed by atoms with Crippen LogP contribution in [0.1, 0.15) is 12.8 Å². The zero-order valence-electron chi connectivity index (χ0n) is 7.06. The molecule has 4 nitrogen and oxygen atoms in total. The molecule has 6 heteroatoms. The molecule has 0 aromatic heterocycles. The first kappa shape index (κ1) is 10.6. The van der Waals surface area contributed by atoms with E-state index in [1.54, 1.807) is 24.1 Å². The van der Waals surface area contributed by atoms with Gasteiger partial charge < -0.3 is 0 Å². The van der Waals surface area contributed by atoms with Crippen LogP contribution in [0.15, 0.2) is 0 Å². The molecule has 4 N–H and O–H groups in total. The van der Waals surface area contributed by atoms with Gasteiger partial charge in [0.1, 0.15) is 0 Å². The second-order valence-corrected chi connectivity index (χ2v) is 4.16. The summed E-state index contributed by atoms with van der Waals surface area (Å²) in [6.07, 6.45) is 2.55. The van der Waals surface area contributed by atoms with Crippen molar-refractivity contribution >= 4 is 24.1 Å². The molecule has 2 saturated heterocycles. The molecular weight excluding hydrogens is 192 g/mol. The number of rotatable bonds is 0. The summed E-state index contributed by atoms with van der Waals surface area (Å²) in [6, 6.07) is 0. The topological polar surface area (TPSA) is 48.1 Å². The molecule has 0 amide bonds. The average Bonchev–Trinajstić information content (AvgIpc) is 2.24. The highest BCUT2D eigenvalue weighted by molar-refractivity contribution is 7.97. The summed E-state index contributed by atoms with van der Waals surface area (Å²) in [6.45, 7) is 3.42. The predicted octanol–water partition coefficient (Wildman–Crippen LogP) is 0.265. The van der Waals surface area contributed by atoms with Crippen molar-refractivity contribution in [2.45, 2.75) is 12.8 Å². The van der Waals surface area contributed by atoms with Crippen LogP contribution in [0.2, 0.25) is 0 Å². The van der Waals surface area contributed by atoms with Crippen LogP contribution < -0.4 is 19.7 Å². The summed E-state index contributed by atoms with van der Waals surface area (Å²) in [5, 5.41) is 0. The highest BCUT2D eigenvalue weighted by Gasteiger charge is 1.93. The minimum atomic E-state index is 1.12. The fourth-order valence-electron chi connectivity index (χ4n) is 0.772. The maximum absolute atomic E-state index is 3.09. The second-order valence-electron chi connectivity index (χ2n) is 2.48. The third-order valence-electron chi connectivity index (χ3n) is 1.39. The molecule has 12 heavy (non-hydrogen) atoms. The zero-order valence-corrected chi connectivity index (χ0v) is 8.69. The zero-order chi connectivity index (χ0) is 8.49. The van der Waals surface area contributed by atoms with Gasteiger partial charge in [-0.2, -0.15) is 0 Å². The van der Waals surface area contributed by atoms with Gasteiger partial charge >= 0.3 is 0 Å². The molecule has 0 bridgehead atoms. The molecule has 2 aliphatic rings. The van der Waals surface area contributed by atoms with Crippen molar-refractivity contribution in [1.29, 1.82) is 0 Å². The molecular formula is C6H16N4S2. The van der Waals surface area contributed by atoms with Crippen molar-refractivity contribution in [3.05, 3.63) is 0 Å². The van der Waals surface area contributed by atoms with Crippen molar-refractivity contribution in [2.24, 2.45) is 0 Å². The lowest BCUT2D eigenvalue weighted by atomic mass is 10.4. The van der Waals surface area contributed by atoms with E-state index in [1.165, 1.54) is 18.6 Å². The Labute approximate surface area is 82.4 Å². The van der Waals surface area contributed by atoms with Crippen molar-refractivity contribution in [1.82, 2.24) is 19.7 Å². The molecule has 2 fully saturated rings. The van der Waals surface area contributed by atoms with Crippen LogP contribution in [-0.2, 0) is 0 Å². The molecule has 0 spiro atoms. The molecule has 2 aliphatic heterocycles. The third-order valence-corrected chi connectivity index (χ3v) is 2.87. The van der Waals surface area contributed by atoms with Gasteiger partial charge in [0.15, 0.2) is 0 Å². The first-order valence-electron chi connectivity index (χ1n) is 4.21. The summed E-state index contributed by atoms with van der Waals surface area (Å²) >= 11 is 3.33. The maximum Gasteiger partial charge on any atom is 0.0117 e. The van der Waals surface area contributed by atoms with Crippen LogP contribution in [0.25, 0.3) is 0 Å². The van der Waals surface area contributed by atoms with Gasteiger partial charge in [-0.15, -0.1) is 0 Å². The lowest BCUT2D eigenvalue weighted by Crippen LogP contribution is -2.31. The van der Waals surface area contributed by atoms with Gasteiger partial charge in [0.05, 0.1) is 0 Å². The molecule has 2 rings (SSSR count). The number of hydrazine groups is 1. The first-order valence-corrected chi connectivity index (χ1v) is 6.01. The smallest absolute Gasteiger partial charge is 0.0117 e. The van der Waals surface area contributed by atoms with Gasteiger partial charge in [-0.25, -0.2) is 10.3 Å². The maximum atomic E-state index is 3.09. The Kier molecular flexibility index (Phi) is 7.21. The standard InChI is InChI=1S/2C3H8N2S/c1-2-4-5-6-3-1;1-2-4-6-5-3-1/h2*4-5H,1-3H2. The fraction of sp³-hybridized carbons (Fsp3) is 1.00. The van der Waals surface area contributed by atoms with Crippen LogP contribution in [0.5, 0.6) is 0 Å². The largest absolute Gasteiger partial charge is 0.251 e. The van der Waals surface area contributed by atoms with Crippen LogP contribution in [0.4, 0.5) is 0 Å². The molecule has 0 aromatic rings. The second kappa shape index (κ2) is 8.15. The number of hydrogen-bond donors (Lipinski definition) is 4. The Hall–Kier alpha value is 0.540.